The lowest BCUT2D eigenvalue weighted by molar-refractivity contribution is -0.139. The molecule has 3 N–H and O–H groups in total. The van der Waals surface area contributed by atoms with Crippen molar-refractivity contribution in [3.8, 4) is 5.75 Å². The Morgan fingerprint density at radius 1 is 1.06 bits per heavy atom. The van der Waals surface area contributed by atoms with Crippen LogP contribution < -0.4 is 10.5 Å². The summed E-state index contributed by atoms with van der Waals surface area (Å²) in [5.41, 5.74) is 4.26. The first-order chi connectivity index (χ1) is 15.6. The molecule has 0 saturated carbocycles. The molecule has 33 heavy (non-hydrogen) atoms. The number of carbonyl (C=O) groups is 2. The number of nitrogens with two attached hydrogens (primary N) is 1. The van der Waals surface area contributed by atoms with Crippen molar-refractivity contribution in [3.05, 3.63) is 71.3 Å². The minimum Gasteiger partial charge on any atom is -0.480 e. The van der Waals surface area contributed by atoms with Crippen LogP contribution in [-0.4, -0.2) is 33.1 Å². The van der Waals surface area contributed by atoms with Crippen LogP contribution in [0, 0.1) is 5.82 Å². The first-order valence-corrected chi connectivity index (χ1v) is 9.47. The number of amides is 1. The zero-order valence-electron chi connectivity index (χ0n) is 16.7. The maximum atomic E-state index is 14.6. The highest BCUT2D eigenvalue weighted by molar-refractivity contribution is 6.19. The van der Waals surface area contributed by atoms with Gasteiger partial charge in [0.2, 0.25) is 5.91 Å². The molecule has 0 bridgehead atoms. The largest absolute Gasteiger partial charge is 0.480 e. The minimum absolute atomic E-state index is 0.0167. The summed E-state index contributed by atoms with van der Waals surface area (Å²) in [5.74, 6) is -3.16. The van der Waals surface area contributed by atoms with E-state index in [1.54, 1.807) is 0 Å². The second-order valence-corrected chi connectivity index (χ2v) is 7.13. The Kier molecular flexibility index (Phi) is 5.40. The first kappa shape index (κ1) is 22.1. The van der Waals surface area contributed by atoms with Crippen molar-refractivity contribution in [3.63, 3.8) is 0 Å². The molecule has 2 heterocycles. The van der Waals surface area contributed by atoms with Gasteiger partial charge >= 0.3 is 12.1 Å². The molecule has 0 saturated heterocycles. The summed E-state index contributed by atoms with van der Waals surface area (Å²) >= 11 is 0. The Morgan fingerprint density at radius 2 is 1.79 bits per heavy atom. The molecule has 7 nitrogen and oxygen atoms in total. The van der Waals surface area contributed by atoms with Crippen LogP contribution in [0.4, 0.5) is 17.6 Å². The van der Waals surface area contributed by atoms with E-state index in [0.29, 0.717) is 0 Å². The summed E-state index contributed by atoms with van der Waals surface area (Å²) in [7, 11) is 0. The van der Waals surface area contributed by atoms with E-state index < -0.39 is 48.1 Å². The fourth-order valence-corrected chi connectivity index (χ4v) is 3.81. The van der Waals surface area contributed by atoms with Gasteiger partial charge in [-0.05, 0) is 24.3 Å². The molecule has 0 aliphatic rings. The van der Waals surface area contributed by atoms with Crippen LogP contribution in [0.25, 0.3) is 21.8 Å². The average Bonchev–Trinajstić information content (AvgIpc) is 3.07. The number of carbonyl (C=O) groups excluding carboxylic acids is 1. The number of carboxylic acids is 1. The number of alkyl halides is 3. The third-order valence-electron chi connectivity index (χ3n) is 5.12. The topological polar surface area (TPSA) is 107 Å². The van der Waals surface area contributed by atoms with Crippen LogP contribution in [0.5, 0.6) is 5.75 Å². The van der Waals surface area contributed by atoms with Crippen LogP contribution in [0.15, 0.2) is 48.8 Å². The zero-order valence-corrected chi connectivity index (χ0v) is 16.7. The predicted octanol–water partition coefficient (Wildman–Crippen LogP) is 3.96. The normalized spacial score (nSPS) is 11.8. The summed E-state index contributed by atoms with van der Waals surface area (Å²) in [6.45, 7) is -1.27. The van der Waals surface area contributed by atoms with Crippen LogP contribution in [0.1, 0.15) is 21.5 Å². The second-order valence-electron chi connectivity index (χ2n) is 7.13. The zero-order chi connectivity index (χ0) is 23.9. The minimum atomic E-state index is -4.80. The lowest BCUT2D eigenvalue weighted by Gasteiger charge is -2.15. The molecular weight excluding hydrogens is 446 g/mol. The quantitative estimate of drug-likeness (QED) is 0.423. The summed E-state index contributed by atoms with van der Waals surface area (Å²) in [6.07, 6.45) is -2.28. The molecule has 11 heteroatoms. The molecule has 0 fully saturated rings. The smallest absolute Gasteiger partial charge is 0.416 e. The Hall–Kier alpha value is -4.15. The third-order valence-corrected chi connectivity index (χ3v) is 5.12. The number of benzene rings is 2. The van der Waals surface area contributed by atoms with Crippen LogP contribution in [-0.2, 0) is 17.5 Å². The lowest BCUT2D eigenvalue weighted by atomic mass is 10.1. The van der Waals surface area contributed by atoms with Crippen LogP contribution in [0.2, 0.25) is 0 Å². The van der Waals surface area contributed by atoms with Gasteiger partial charge in [-0.1, -0.05) is 12.1 Å². The highest BCUT2D eigenvalue weighted by Crippen LogP contribution is 2.39. The van der Waals surface area contributed by atoms with Crippen molar-refractivity contribution in [1.82, 2.24) is 9.55 Å². The van der Waals surface area contributed by atoms with Gasteiger partial charge < -0.3 is 20.1 Å². The predicted molar refractivity (Wildman–Crippen MR) is 109 cm³/mol. The van der Waals surface area contributed by atoms with Crippen molar-refractivity contribution in [2.75, 3.05) is 6.61 Å². The molecule has 0 atom stereocenters. The molecule has 0 aliphatic carbocycles. The Balaban J connectivity index is 2.05. The number of aliphatic carboxylic acids is 1. The Bertz CT molecular complexity index is 1410. The molecule has 0 spiro atoms. The molecular formula is C22H15F4N3O4. The molecule has 2 aromatic heterocycles. The SMILES string of the molecule is NC(=O)c1cccc2c1c1c(OCC(=O)O)cncc1n2Cc1c(F)cccc1C(F)(F)F. The highest BCUT2D eigenvalue weighted by Gasteiger charge is 2.35. The van der Waals surface area contributed by atoms with E-state index in [0.717, 1.165) is 18.2 Å². The number of fused-ring (bicyclic) bond motifs is 3. The van der Waals surface area contributed by atoms with Crippen molar-refractivity contribution >= 4 is 33.7 Å². The molecule has 0 radical (unpaired) electrons. The molecule has 0 aliphatic heterocycles. The molecule has 0 unspecified atom stereocenters. The standard InChI is InChI=1S/C22H15F4N3O4/c23-14-5-2-4-13(22(24,25)26)12(14)9-29-15-6-1-3-11(21(27)32)19(15)20-16(29)7-28-8-17(20)33-10-18(30)31/h1-8H,9-10H2,(H2,27,32)(H,30,31). The van der Waals surface area contributed by atoms with Gasteiger partial charge in [0.1, 0.15) is 11.6 Å². The van der Waals surface area contributed by atoms with Crippen LogP contribution >= 0.6 is 0 Å². The summed E-state index contributed by atoms with van der Waals surface area (Å²) in [4.78, 5) is 27.1. The van der Waals surface area contributed by atoms with Gasteiger partial charge in [0.05, 0.1) is 40.9 Å². The van der Waals surface area contributed by atoms with E-state index in [-0.39, 0.29) is 33.1 Å². The Labute approximate surface area is 183 Å². The summed E-state index contributed by atoms with van der Waals surface area (Å²) < 4.78 is 61.9. The van der Waals surface area contributed by atoms with Crippen molar-refractivity contribution < 1.29 is 37.0 Å². The maximum Gasteiger partial charge on any atom is 0.416 e. The lowest BCUT2D eigenvalue weighted by Crippen LogP contribution is -2.14. The molecule has 1 amide bonds. The maximum absolute atomic E-state index is 14.6. The molecule has 170 valence electrons. The number of rotatable bonds is 6. The highest BCUT2D eigenvalue weighted by atomic mass is 19.4. The van der Waals surface area contributed by atoms with E-state index in [2.05, 4.69) is 4.98 Å². The van der Waals surface area contributed by atoms with Gasteiger partial charge in [-0.3, -0.25) is 9.78 Å². The number of halogens is 4. The third kappa shape index (κ3) is 3.93. The molecule has 2 aromatic carbocycles. The summed E-state index contributed by atoms with van der Waals surface area (Å²) in [5, 5.41) is 9.42. The fourth-order valence-electron chi connectivity index (χ4n) is 3.81. The number of hydrogen-bond acceptors (Lipinski definition) is 4. The van der Waals surface area contributed by atoms with Crippen LogP contribution in [0.3, 0.4) is 0 Å². The number of primary amides is 1. The van der Waals surface area contributed by atoms with Crippen molar-refractivity contribution in [2.24, 2.45) is 5.73 Å². The van der Waals surface area contributed by atoms with E-state index in [1.807, 2.05) is 0 Å². The number of nitrogens with zero attached hydrogens (tertiary/aromatic N) is 2. The van der Waals surface area contributed by atoms with Crippen molar-refractivity contribution in [1.29, 1.82) is 0 Å². The van der Waals surface area contributed by atoms with E-state index in [4.69, 9.17) is 15.6 Å². The summed E-state index contributed by atoms with van der Waals surface area (Å²) in [6, 6.07) is 7.10. The number of ether oxygens (including phenoxy) is 1. The fraction of sp³-hybridized carbons (Fsp3) is 0.136. The van der Waals surface area contributed by atoms with E-state index in [1.165, 1.54) is 35.2 Å². The van der Waals surface area contributed by atoms with Gasteiger partial charge in [0.25, 0.3) is 0 Å². The average molecular weight is 461 g/mol. The monoisotopic (exact) mass is 461 g/mol. The number of carboxylic acid groups (broad SMARTS) is 1. The van der Waals surface area contributed by atoms with E-state index >= 15 is 0 Å². The first-order valence-electron chi connectivity index (χ1n) is 9.47. The number of hydrogen-bond donors (Lipinski definition) is 2. The van der Waals surface area contributed by atoms with Gasteiger partial charge in [-0.15, -0.1) is 0 Å². The van der Waals surface area contributed by atoms with Gasteiger partial charge in [-0.2, -0.15) is 13.2 Å². The number of pyridine rings is 1. The molecule has 4 aromatic rings. The van der Waals surface area contributed by atoms with Gasteiger partial charge in [-0.25, -0.2) is 9.18 Å². The van der Waals surface area contributed by atoms with Crippen molar-refractivity contribution in [2.45, 2.75) is 12.7 Å². The van der Waals surface area contributed by atoms with Gasteiger partial charge in [0, 0.05) is 16.5 Å². The Morgan fingerprint density at radius 3 is 2.45 bits per heavy atom. The van der Waals surface area contributed by atoms with Gasteiger partial charge in [0.15, 0.2) is 6.61 Å². The number of aromatic nitrogens is 2. The molecule has 4 rings (SSSR count). The van der Waals surface area contributed by atoms with E-state index in [9.17, 15) is 27.2 Å². The second kappa shape index (κ2) is 8.08.